The predicted octanol–water partition coefficient (Wildman–Crippen LogP) is 1.07. The van der Waals surface area contributed by atoms with Gasteiger partial charge in [-0.05, 0) is 22.4 Å². The molecule has 0 saturated carbocycles. The number of carbonyl (C=O) groups is 1. The van der Waals surface area contributed by atoms with Gasteiger partial charge in [-0.3, -0.25) is 4.79 Å². The fourth-order valence-electron chi connectivity index (χ4n) is 1.18. The van der Waals surface area contributed by atoms with Gasteiger partial charge in [0, 0.05) is 4.90 Å². The van der Waals surface area contributed by atoms with E-state index in [9.17, 15) is 4.79 Å². The Morgan fingerprint density at radius 1 is 1.50 bits per heavy atom. The molecule has 0 aliphatic rings. The predicted molar refractivity (Wildman–Crippen MR) is 59.0 cm³/mol. The maximum atomic E-state index is 11.0. The van der Waals surface area contributed by atoms with Crippen LogP contribution in [-0.2, 0) is 9.53 Å². The lowest BCUT2D eigenvalue weighted by Gasteiger charge is -2.01. The van der Waals surface area contributed by atoms with Crippen molar-refractivity contribution in [1.82, 2.24) is 10.3 Å². The van der Waals surface area contributed by atoms with E-state index >= 15 is 0 Å². The van der Waals surface area contributed by atoms with E-state index in [-0.39, 0.29) is 11.7 Å². The monoisotopic (exact) mass is 239 g/mol. The Balaban J connectivity index is 2.27. The minimum absolute atomic E-state index is 0.211. The lowest BCUT2D eigenvalue weighted by Crippen LogP contribution is -2.02. The SMILES string of the molecule is COC(=O)CSc1ccc(N)c2nonc12. The zero-order valence-corrected chi connectivity index (χ0v) is 9.28. The van der Waals surface area contributed by atoms with Gasteiger partial charge in [0.25, 0.3) is 0 Å². The van der Waals surface area contributed by atoms with Crippen molar-refractivity contribution in [3.63, 3.8) is 0 Å². The number of carbonyl (C=O) groups excluding carboxylic acids is 1. The Morgan fingerprint density at radius 2 is 2.25 bits per heavy atom. The highest BCUT2D eigenvalue weighted by Gasteiger charge is 2.11. The Bertz CT molecular complexity index is 526. The van der Waals surface area contributed by atoms with Gasteiger partial charge >= 0.3 is 5.97 Å². The van der Waals surface area contributed by atoms with Crippen LogP contribution in [0.2, 0.25) is 0 Å². The number of aromatic nitrogens is 2. The van der Waals surface area contributed by atoms with Gasteiger partial charge < -0.3 is 10.5 Å². The summed E-state index contributed by atoms with van der Waals surface area (Å²) in [5.74, 6) is -0.0889. The summed E-state index contributed by atoms with van der Waals surface area (Å²) < 4.78 is 9.16. The third-order valence-corrected chi connectivity index (χ3v) is 3.00. The maximum absolute atomic E-state index is 11.0. The highest BCUT2D eigenvalue weighted by molar-refractivity contribution is 8.00. The molecular formula is C9H9N3O3S. The second-order valence-corrected chi connectivity index (χ2v) is 4.00. The molecule has 7 heteroatoms. The molecule has 16 heavy (non-hydrogen) atoms. The molecule has 0 spiro atoms. The Hall–Kier alpha value is -1.76. The standard InChI is InChI=1S/C9H9N3O3S/c1-14-7(13)4-16-6-3-2-5(10)8-9(6)12-15-11-8/h2-3H,4,10H2,1H3. The third-order valence-electron chi connectivity index (χ3n) is 1.98. The van der Waals surface area contributed by atoms with Gasteiger partial charge in [-0.15, -0.1) is 11.8 Å². The van der Waals surface area contributed by atoms with E-state index in [4.69, 9.17) is 5.73 Å². The summed E-state index contributed by atoms with van der Waals surface area (Å²) in [6, 6.07) is 3.47. The zero-order valence-electron chi connectivity index (χ0n) is 8.47. The van der Waals surface area contributed by atoms with Gasteiger partial charge in [0.1, 0.15) is 0 Å². The van der Waals surface area contributed by atoms with Crippen LogP contribution >= 0.6 is 11.8 Å². The molecule has 0 saturated heterocycles. The van der Waals surface area contributed by atoms with Gasteiger partial charge in [-0.25, -0.2) is 4.63 Å². The van der Waals surface area contributed by atoms with Crippen LogP contribution in [0.5, 0.6) is 0 Å². The largest absolute Gasteiger partial charge is 0.468 e. The summed E-state index contributed by atoms with van der Waals surface area (Å²) in [5, 5.41) is 7.43. The van der Waals surface area contributed by atoms with Crippen molar-refractivity contribution in [2.24, 2.45) is 0 Å². The van der Waals surface area contributed by atoms with E-state index in [1.54, 1.807) is 12.1 Å². The first-order chi connectivity index (χ1) is 7.72. The summed E-state index contributed by atoms with van der Waals surface area (Å²) in [6.45, 7) is 0. The topological polar surface area (TPSA) is 91.2 Å². The molecule has 2 rings (SSSR count). The number of hydrogen-bond acceptors (Lipinski definition) is 7. The minimum atomic E-state index is -0.300. The van der Waals surface area contributed by atoms with Crippen LogP contribution in [0.3, 0.4) is 0 Å². The number of anilines is 1. The molecule has 0 fully saturated rings. The van der Waals surface area contributed by atoms with Gasteiger partial charge in [-0.1, -0.05) is 0 Å². The van der Waals surface area contributed by atoms with Gasteiger partial charge in [-0.2, -0.15) is 0 Å². The quantitative estimate of drug-likeness (QED) is 0.486. The first-order valence-corrected chi connectivity index (χ1v) is 5.41. The van der Waals surface area contributed by atoms with E-state index in [1.807, 2.05) is 0 Å². The number of nitrogen functional groups attached to an aromatic ring is 1. The number of ether oxygens (including phenoxy) is 1. The zero-order chi connectivity index (χ0) is 11.5. The molecule has 1 heterocycles. The number of methoxy groups -OCH3 is 1. The normalized spacial score (nSPS) is 10.6. The van der Waals surface area contributed by atoms with E-state index in [0.29, 0.717) is 16.7 Å². The molecule has 0 unspecified atom stereocenters. The molecule has 0 aliphatic heterocycles. The average molecular weight is 239 g/mol. The van der Waals surface area contributed by atoms with Crippen LogP contribution in [0.1, 0.15) is 0 Å². The molecule has 0 atom stereocenters. The number of esters is 1. The highest BCUT2D eigenvalue weighted by atomic mass is 32.2. The third kappa shape index (κ3) is 1.94. The number of nitrogens with two attached hydrogens (primary N) is 1. The van der Waals surface area contributed by atoms with E-state index in [2.05, 4.69) is 19.7 Å². The van der Waals surface area contributed by atoms with Crippen LogP contribution in [0.4, 0.5) is 5.69 Å². The van der Waals surface area contributed by atoms with Crippen LogP contribution in [0.25, 0.3) is 11.0 Å². The molecule has 84 valence electrons. The molecule has 0 radical (unpaired) electrons. The average Bonchev–Trinajstić information content (AvgIpc) is 2.77. The molecule has 1 aromatic carbocycles. The van der Waals surface area contributed by atoms with E-state index < -0.39 is 0 Å². The molecule has 0 aliphatic carbocycles. The smallest absolute Gasteiger partial charge is 0.315 e. The fraction of sp³-hybridized carbons (Fsp3) is 0.222. The van der Waals surface area contributed by atoms with Crippen molar-refractivity contribution in [2.75, 3.05) is 18.6 Å². The fourth-order valence-corrected chi connectivity index (χ4v) is 2.00. The van der Waals surface area contributed by atoms with Crippen molar-refractivity contribution in [3.8, 4) is 0 Å². The van der Waals surface area contributed by atoms with Crippen LogP contribution in [0, 0.1) is 0 Å². The molecule has 0 amide bonds. The van der Waals surface area contributed by atoms with E-state index in [1.165, 1.54) is 18.9 Å². The first-order valence-electron chi connectivity index (χ1n) is 4.42. The van der Waals surface area contributed by atoms with Crippen molar-refractivity contribution in [3.05, 3.63) is 12.1 Å². The Morgan fingerprint density at radius 3 is 3.00 bits per heavy atom. The van der Waals surface area contributed by atoms with Crippen LogP contribution in [-0.4, -0.2) is 29.1 Å². The second kappa shape index (κ2) is 4.40. The minimum Gasteiger partial charge on any atom is -0.468 e. The summed E-state index contributed by atoms with van der Waals surface area (Å²) in [6.07, 6.45) is 0. The molecule has 2 N–H and O–H groups in total. The van der Waals surface area contributed by atoms with Crippen LogP contribution in [0.15, 0.2) is 21.7 Å². The number of benzene rings is 1. The highest BCUT2D eigenvalue weighted by Crippen LogP contribution is 2.28. The van der Waals surface area contributed by atoms with Gasteiger partial charge in [0.2, 0.25) is 0 Å². The van der Waals surface area contributed by atoms with Crippen molar-refractivity contribution < 1.29 is 14.2 Å². The number of hydrogen-bond donors (Lipinski definition) is 1. The number of nitrogens with zero attached hydrogens (tertiary/aromatic N) is 2. The summed E-state index contributed by atoms with van der Waals surface area (Å²) in [7, 11) is 1.35. The van der Waals surface area contributed by atoms with Gasteiger partial charge in [0.15, 0.2) is 11.0 Å². The summed E-state index contributed by atoms with van der Waals surface area (Å²) >= 11 is 1.30. The first kappa shape index (κ1) is 10.7. The van der Waals surface area contributed by atoms with E-state index in [0.717, 1.165) is 4.90 Å². The molecule has 0 bridgehead atoms. The molecule has 1 aromatic heterocycles. The molecule has 2 aromatic rings. The summed E-state index contributed by atoms with van der Waals surface area (Å²) in [5.41, 5.74) is 7.26. The summed E-state index contributed by atoms with van der Waals surface area (Å²) in [4.78, 5) is 11.8. The van der Waals surface area contributed by atoms with Crippen LogP contribution < -0.4 is 5.73 Å². The number of rotatable bonds is 3. The van der Waals surface area contributed by atoms with Crippen molar-refractivity contribution in [1.29, 1.82) is 0 Å². The molecular weight excluding hydrogens is 230 g/mol. The number of thioether (sulfide) groups is 1. The Kier molecular flexibility index (Phi) is 2.95. The second-order valence-electron chi connectivity index (χ2n) is 2.98. The van der Waals surface area contributed by atoms with Crippen molar-refractivity contribution >= 4 is 34.5 Å². The van der Waals surface area contributed by atoms with Gasteiger partial charge in [0.05, 0.1) is 18.6 Å². The van der Waals surface area contributed by atoms with Crippen molar-refractivity contribution in [2.45, 2.75) is 4.90 Å². The number of fused-ring (bicyclic) bond motifs is 1. The maximum Gasteiger partial charge on any atom is 0.315 e. The Labute approximate surface area is 95.1 Å². The molecule has 6 nitrogen and oxygen atoms in total. The lowest BCUT2D eigenvalue weighted by molar-refractivity contribution is -0.137. The lowest BCUT2D eigenvalue weighted by atomic mass is 10.3.